The van der Waals surface area contributed by atoms with Crippen molar-refractivity contribution in [2.45, 2.75) is 76.5 Å². The van der Waals surface area contributed by atoms with Crippen molar-refractivity contribution in [3.05, 3.63) is 76.1 Å². The van der Waals surface area contributed by atoms with E-state index < -0.39 is 23.8 Å². The van der Waals surface area contributed by atoms with E-state index in [-0.39, 0.29) is 24.2 Å². The number of imide groups is 2. The number of benzene rings is 2. The summed E-state index contributed by atoms with van der Waals surface area (Å²) in [4.78, 5) is 73.4. The third kappa shape index (κ3) is 7.28. The molecule has 6 aliphatic heterocycles. The molecule has 2 atom stereocenters. The van der Waals surface area contributed by atoms with Gasteiger partial charge in [-0.05, 0) is 87.3 Å². The summed E-state index contributed by atoms with van der Waals surface area (Å²) in [6, 6.07) is 13.3. The van der Waals surface area contributed by atoms with E-state index in [9.17, 15) is 24.4 Å². The number of piperidine rings is 3. The molecule has 6 aliphatic rings. The topological polar surface area (TPSA) is 149 Å². The minimum Gasteiger partial charge on any atom is -0.371 e. The number of piperazine rings is 1. The summed E-state index contributed by atoms with van der Waals surface area (Å²) in [6.07, 6.45) is 9.61. The van der Waals surface area contributed by atoms with Gasteiger partial charge in [0.25, 0.3) is 11.8 Å². The van der Waals surface area contributed by atoms with E-state index in [0.717, 1.165) is 125 Å². The van der Waals surface area contributed by atoms with E-state index in [1.165, 1.54) is 0 Å². The Balaban J connectivity index is 0.720. The number of anilines is 3. The van der Waals surface area contributed by atoms with Crippen LogP contribution in [0.5, 0.6) is 0 Å². The van der Waals surface area contributed by atoms with Gasteiger partial charge < -0.3 is 14.7 Å². The van der Waals surface area contributed by atoms with Crippen LogP contribution in [0.15, 0.2) is 48.8 Å². The first kappa shape index (κ1) is 38.4. The Kier molecular flexibility index (Phi) is 10.3. The van der Waals surface area contributed by atoms with Crippen LogP contribution in [-0.2, 0) is 16.1 Å². The van der Waals surface area contributed by atoms with Gasteiger partial charge in [-0.1, -0.05) is 11.6 Å². The Bertz CT molecular complexity index is 2150. The van der Waals surface area contributed by atoms with Crippen LogP contribution in [0.1, 0.15) is 83.7 Å². The second kappa shape index (κ2) is 15.6. The highest BCUT2D eigenvalue weighted by atomic mass is 35.5. The molecule has 0 bridgehead atoms. The molecule has 1 unspecified atom stereocenters. The monoisotopic (exact) mass is 804 g/mol. The fourth-order valence-electron chi connectivity index (χ4n) is 10.3. The molecule has 2 aromatic carbocycles. The zero-order chi connectivity index (χ0) is 40.1. The fourth-order valence-corrected chi connectivity index (χ4v) is 10.5. The van der Waals surface area contributed by atoms with Crippen molar-refractivity contribution < 1.29 is 19.2 Å². The predicted molar refractivity (Wildman–Crippen MR) is 219 cm³/mol. The maximum atomic E-state index is 13.4. The SMILES string of the molecule is C[C@H]1CC2(CCN(c3ncc(CN4CCN(C5CCN(c6ccc7c(c6)C(=O)N(C6CCC(=O)NC6=O)C7=O)CC5)CC4)cn3)CC2)CN1c1ccc(C#N)c(Cl)c1. The Hall–Kier alpha value is -5.10. The van der Waals surface area contributed by atoms with Gasteiger partial charge in [0.2, 0.25) is 17.8 Å². The van der Waals surface area contributed by atoms with E-state index in [2.05, 4.69) is 42.8 Å². The summed E-state index contributed by atoms with van der Waals surface area (Å²) in [7, 11) is 0. The number of nitrogens with zero attached hydrogens (tertiary/aromatic N) is 9. The van der Waals surface area contributed by atoms with Crippen LogP contribution < -0.4 is 20.0 Å². The first-order valence-electron chi connectivity index (χ1n) is 20.7. The third-order valence-corrected chi connectivity index (χ3v) is 13.9. The van der Waals surface area contributed by atoms with Crippen LogP contribution in [0.2, 0.25) is 5.02 Å². The number of carbonyl (C=O) groups excluding carboxylic acids is 4. The van der Waals surface area contributed by atoms with Crippen LogP contribution in [0.25, 0.3) is 0 Å². The average molecular weight is 805 g/mol. The molecule has 58 heavy (non-hydrogen) atoms. The Morgan fingerprint density at radius 3 is 2.24 bits per heavy atom. The first-order chi connectivity index (χ1) is 28.1. The molecule has 15 heteroatoms. The van der Waals surface area contributed by atoms with Gasteiger partial charge in [-0.3, -0.25) is 39.2 Å². The predicted octanol–water partition coefficient (Wildman–Crippen LogP) is 4.07. The molecule has 302 valence electrons. The third-order valence-electron chi connectivity index (χ3n) is 13.6. The fraction of sp³-hybridized carbons (Fsp3) is 0.512. The zero-order valence-corrected chi connectivity index (χ0v) is 33.7. The Labute approximate surface area is 343 Å². The lowest BCUT2D eigenvalue weighted by Crippen LogP contribution is -2.54. The van der Waals surface area contributed by atoms with Gasteiger partial charge >= 0.3 is 0 Å². The molecule has 14 nitrogen and oxygen atoms in total. The highest BCUT2D eigenvalue weighted by Crippen LogP contribution is 2.45. The highest BCUT2D eigenvalue weighted by molar-refractivity contribution is 6.32. The van der Waals surface area contributed by atoms with Crippen LogP contribution in [0.3, 0.4) is 0 Å². The van der Waals surface area contributed by atoms with Gasteiger partial charge in [0.15, 0.2) is 0 Å². The van der Waals surface area contributed by atoms with Gasteiger partial charge in [-0.15, -0.1) is 0 Å². The van der Waals surface area contributed by atoms with Gasteiger partial charge in [0.1, 0.15) is 12.1 Å². The maximum Gasteiger partial charge on any atom is 0.262 e. The largest absolute Gasteiger partial charge is 0.371 e. The van der Waals surface area contributed by atoms with E-state index in [1.807, 2.05) is 36.7 Å². The normalized spacial score (nSPS) is 24.4. The molecule has 0 aliphatic carbocycles. The lowest BCUT2D eigenvalue weighted by Gasteiger charge is -2.43. The summed E-state index contributed by atoms with van der Waals surface area (Å²) >= 11 is 6.38. The maximum absolute atomic E-state index is 13.4. The number of nitrogens with one attached hydrogen (secondary N) is 1. The lowest BCUT2D eigenvalue weighted by molar-refractivity contribution is -0.136. The molecular formula is C43H49ClN10O4. The standard InChI is InChI=1S/C43H49ClN10O4/c1-28-22-43(27-53(28)33-3-2-30(23-45)36(44)21-33)10-14-52(15-11-43)42-46-24-29(25-47-42)26-49-16-18-51(19-17-49)31-8-12-50(13-9-31)32-4-5-34-35(20-32)41(58)54(40(34)57)37-6-7-38(55)48-39(37)56/h2-5,20-21,24-25,28,31,37H,6-19,22,26-27H2,1H3,(H,48,55,56)/t28-,37?/m0/s1. The highest BCUT2D eigenvalue weighted by Gasteiger charge is 2.46. The summed E-state index contributed by atoms with van der Waals surface area (Å²) in [6.45, 7) is 11.7. The van der Waals surface area contributed by atoms with Crippen molar-refractivity contribution in [2.75, 3.05) is 73.6 Å². The number of rotatable bonds is 7. The molecule has 5 saturated heterocycles. The molecule has 1 aromatic heterocycles. The summed E-state index contributed by atoms with van der Waals surface area (Å²) in [5.41, 5.74) is 4.54. The van der Waals surface area contributed by atoms with Crippen molar-refractivity contribution in [3.63, 3.8) is 0 Å². The molecule has 1 spiro atoms. The van der Waals surface area contributed by atoms with Gasteiger partial charge in [0, 0.05) is 113 Å². The van der Waals surface area contributed by atoms with Crippen molar-refractivity contribution >= 4 is 52.6 Å². The molecule has 7 heterocycles. The second-order valence-corrected chi connectivity index (χ2v) is 17.4. The van der Waals surface area contributed by atoms with E-state index in [4.69, 9.17) is 21.6 Å². The molecule has 5 fully saturated rings. The number of hydrogen-bond acceptors (Lipinski definition) is 12. The van der Waals surface area contributed by atoms with E-state index in [0.29, 0.717) is 33.8 Å². The van der Waals surface area contributed by atoms with Crippen LogP contribution in [0, 0.1) is 16.7 Å². The van der Waals surface area contributed by atoms with E-state index in [1.54, 1.807) is 12.1 Å². The van der Waals surface area contributed by atoms with Gasteiger partial charge in [-0.25, -0.2) is 9.97 Å². The lowest BCUT2D eigenvalue weighted by atomic mass is 9.77. The summed E-state index contributed by atoms with van der Waals surface area (Å²) < 4.78 is 0. The minimum atomic E-state index is -0.962. The van der Waals surface area contributed by atoms with Crippen LogP contribution >= 0.6 is 11.6 Å². The van der Waals surface area contributed by atoms with E-state index >= 15 is 0 Å². The van der Waals surface area contributed by atoms with Crippen LogP contribution in [-0.4, -0.2) is 125 Å². The second-order valence-electron chi connectivity index (χ2n) is 17.0. The number of aromatic nitrogens is 2. The number of nitriles is 1. The van der Waals surface area contributed by atoms with Crippen molar-refractivity contribution in [1.29, 1.82) is 5.26 Å². The summed E-state index contributed by atoms with van der Waals surface area (Å²) in [5, 5.41) is 12.1. The van der Waals surface area contributed by atoms with Crippen molar-refractivity contribution in [3.8, 4) is 6.07 Å². The summed E-state index contributed by atoms with van der Waals surface area (Å²) in [5.74, 6) is -1.12. The van der Waals surface area contributed by atoms with Crippen molar-refractivity contribution in [2.24, 2.45) is 5.41 Å². The Morgan fingerprint density at radius 1 is 0.845 bits per heavy atom. The average Bonchev–Trinajstić information content (AvgIpc) is 3.69. The number of fused-ring (bicyclic) bond motifs is 1. The molecule has 9 rings (SSSR count). The van der Waals surface area contributed by atoms with Gasteiger partial charge in [0.05, 0.1) is 21.7 Å². The minimum absolute atomic E-state index is 0.101. The zero-order valence-electron chi connectivity index (χ0n) is 32.9. The Morgan fingerprint density at radius 2 is 1.55 bits per heavy atom. The number of halogens is 1. The quantitative estimate of drug-likeness (QED) is 0.343. The number of carbonyl (C=O) groups is 4. The molecule has 4 amide bonds. The number of amides is 4. The van der Waals surface area contributed by atoms with Gasteiger partial charge in [-0.2, -0.15) is 5.26 Å². The molecule has 0 saturated carbocycles. The molecular weight excluding hydrogens is 756 g/mol. The first-order valence-corrected chi connectivity index (χ1v) is 21.0. The molecule has 1 N–H and O–H groups in total. The molecule has 3 aromatic rings. The molecule has 0 radical (unpaired) electrons. The van der Waals surface area contributed by atoms with Crippen molar-refractivity contribution in [1.82, 2.24) is 30.0 Å². The smallest absolute Gasteiger partial charge is 0.262 e. The number of hydrogen-bond donors (Lipinski definition) is 1. The van der Waals surface area contributed by atoms with Crippen LogP contribution in [0.4, 0.5) is 17.3 Å².